The number of nitrogens with two attached hydrogens (primary N) is 1. The second-order valence-electron chi connectivity index (χ2n) is 6.04. The molecule has 3 aromatic rings. The van der Waals surface area contributed by atoms with Crippen LogP contribution in [0.4, 0.5) is 0 Å². The van der Waals surface area contributed by atoms with Gasteiger partial charge in [0.1, 0.15) is 0 Å². The van der Waals surface area contributed by atoms with Gasteiger partial charge in [-0.15, -0.1) is 0 Å². The Balaban J connectivity index is 1.97. The highest BCUT2D eigenvalue weighted by atomic mass is 14.6. The van der Waals surface area contributed by atoms with Crippen LogP contribution in [0.15, 0.2) is 97.1 Å². The predicted molar refractivity (Wildman–Crippen MR) is 103 cm³/mol. The first kappa shape index (κ1) is 16.2. The Bertz CT molecular complexity index is 721. The zero-order valence-corrected chi connectivity index (χ0v) is 13.8. The van der Waals surface area contributed by atoms with Crippen molar-refractivity contribution in [3.8, 4) is 0 Å². The summed E-state index contributed by atoms with van der Waals surface area (Å²) in [5, 5.41) is 0. The second kappa shape index (κ2) is 7.76. The Morgan fingerprint density at radius 3 is 1.58 bits per heavy atom. The average molecular weight is 313 g/mol. The van der Waals surface area contributed by atoms with Gasteiger partial charge in [0.15, 0.2) is 0 Å². The van der Waals surface area contributed by atoms with Gasteiger partial charge in [-0.25, -0.2) is 0 Å². The molecule has 24 heavy (non-hydrogen) atoms. The SMILES string of the molecule is NCC(CC=Cc1ccccc1)(c1ccccc1)c1ccccc1. The fraction of sp³-hybridized carbons (Fsp3) is 0.130. The molecule has 0 saturated carbocycles. The van der Waals surface area contributed by atoms with Gasteiger partial charge in [-0.1, -0.05) is 103 Å². The standard InChI is InChI=1S/C23H23N/c24-19-23(21-14-6-2-7-15-21,22-16-8-3-9-17-22)18-10-13-20-11-4-1-5-12-20/h1-17H,18-19,24H2. The summed E-state index contributed by atoms with van der Waals surface area (Å²) in [6.07, 6.45) is 5.28. The van der Waals surface area contributed by atoms with Crippen LogP contribution in [0.2, 0.25) is 0 Å². The molecule has 1 nitrogen and oxygen atoms in total. The summed E-state index contributed by atoms with van der Waals surface area (Å²) >= 11 is 0. The van der Waals surface area contributed by atoms with Crippen LogP contribution < -0.4 is 5.73 Å². The van der Waals surface area contributed by atoms with Crippen molar-refractivity contribution in [3.05, 3.63) is 114 Å². The minimum Gasteiger partial charge on any atom is -0.329 e. The molecular formula is C23H23N. The summed E-state index contributed by atoms with van der Waals surface area (Å²) in [4.78, 5) is 0. The average Bonchev–Trinajstić information content (AvgIpc) is 2.68. The Morgan fingerprint density at radius 1 is 0.667 bits per heavy atom. The Kier molecular flexibility index (Phi) is 5.25. The molecule has 0 aliphatic carbocycles. The minimum absolute atomic E-state index is 0.201. The highest BCUT2D eigenvalue weighted by Crippen LogP contribution is 2.35. The van der Waals surface area contributed by atoms with Crippen LogP contribution in [0.3, 0.4) is 0 Å². The molecule has 0 heterocycles. The van der Waals surface area contributed by atoms with Gasteiger partial charge in [0, 0.05) is 12.0 Å². The lowest BCUT2D eigenvalue weighted by molar-refractivity contribution is 0.534. The van der Waals surface area contributed by atoms with Crippen molar-refractivity contribution >= 4 is 6.08 Å². The third kappa shape index (κ3) is 3.47. The zero-order chi connectivity index (χ0) is 16.7. The van der Waals surface area contributed by atoms with Crippen LogP contribution in [0.5, 0.6) is 0 Å². The summed E-state index contributed by atoms with van der Waals surface area (Å²) < 4.78 is 0. The molecular weight excluding hydrogens is 290 g/mol. The topological polar surface area (TPSA) is 26.0 Å². The van der Waals surface area contributed by atoms with Crippen LogP contribution in [0, 0.1) is 0 Å². The van der Waals surface area contributed by atoms with Crippen molar-refractivity contribution in [2.24, 2.45) is 5.73 Å². The summed E-state index contributed by atoms with van der Waals surface area (Å²) in [5.74, 6) is 0. The van der Waals surface area contributed by atoms with E-state index in [1.807, 2.05) is 6.07 Å². The first-order valence-electron chi connectivity index (χ1n) is 8.38. The lowest BCUT2D eigenvalue weighted by atomic mass is 9.72. The molecule has 3 aromatic carbocycles. The highest BCUT2D eigenvalue weighted by molar-refractivity contribution is 5.50. The van der Waals surface area contributed by atoms with Crippen molar-refractivity contribution in [1.82, 2.24) is 0 Å². The molecule has 1 heteroatoms. The maximum absolute atomic E-state index is 6.32. The van der Waals surface area contributed by atoms with E-state index < -0.39 is 0 Å². The molecule has 2 N–H and O–H groups in total. The molecule has 0 aliphatic heterocycles. The third-order valence-corrected chi connectivity index (χ3v) is 4.58. The van der Waals surface area contributed by atoms with Crippen molar-refractivity contribution in [2.45, 2.75) is 11.8 Å². The Hall–Kier alpha value is -2.64. The lowest BCUT2D eigenvalue weighted by Gasteiger charge is -2.33. The van der Waals surface area contributed by atoms with Gasteiger partial charge in [-0.05, 0) is 23.1 Å². The van der Waals surface area contributed by atoms with E-state index in [9.17, 15) is 0 Å². The molecule has 0 bridgehead atoms. The molecule has 0 aliphatic rings. The molecule has 0 atom stereocenters. The van der Waals surface area contributed by atoms with Crippen LogP contribution in [-0.4, -0.2) is 6.54 Å². The van der Waals surface area contributed by atoms with Gasteiger partial charge in [0.25, 0.3) is 0 Å². The van der Waals surface area contributed by atoms with Crippen molar-refractivity contribution < 1.29 is 0 Å². The van der Waals surface area contributed by atoms with E-state index in [2.05, 4.69) is 97.1 Å². The van der Waals surface area contributed by atoms with E-state index in [-0.39, 0.29) is 5.41 Å². The van der Waals surface area contributed by atoms with Gasteiger partial charge in [0.2, 0.25) is 0 Å². The highest BCUT2D eigenvalue weighted by Gasteiger charge is 2.31. The zero-order valence-electron chi connectivity index (χ0n) is 13.8. The largest absolute Gasteiger partial charge is 0.329 e. The van der Waals surface area contributed by atoms with Gasteiger partial charge >= 0.3 is 0 Å². The number of benzene rings is 3. The first-order valence-corrected chi connectivity index (χ1v) is 8.38. The molecule has 0 unspecified atom stereocenters. The maximum Gasteiger partial charge on any atom is 0.0359 e. The van der Waals surface area contributed by atoms with E-state index in [0.29, 0.717) is 6.54 Å². The van der Waals surface area contributed by atoms with E-state index in [0.717, 1.165) is 6.42 Å². The number of hydrogen-bond acceptors (Lipinski definition) is 1. The molecule has 0 spiro atoms. The molecule has 0 fully saturated rings. The van der Waals surface area contributed by atoms with Crippen LogP contribution in [0.25, 0.3) is 6.08 Å². The molecule has 0 saturated heterocycles. The number of rotatable bonds is 6. The summed E-state index contributed by atoms with van der Waals surface area (Å²) in [6, 6.07) is 31.5. The maximum atomic E-state index is 6.32. The first-order chi connectivity index (χ1) is 11.8. The van der Waals surface area contributed by atoms with E-state index in [1.165, 1.54) is 16.7 Å². The fourth-order valence-electron chi connectivity index (χ4n) is 3.20. The van der Waals surface area contributed by atoms with Crippen molar-refractivity contribution in [2.75, 3.05) is 6.54 Å². The number of hydrogen-bond donors (Lipinski definition) is 1. The normalized spacial score (nSPS) is 11.7. The third-order valence-electron chi connectivity index (χ3n) is 4.58. The van der Waals surface area contributed by atoms with Gasteiger partial charge in [-0.2, -0.15) is 0 Å². The quantitative estimate of drug-likeness (QED) is 0.678. The Morgan fingerprint density at radius 2 is 1.12 bits per heavy atom. The molecule has 0 aromatic heterocycles. The van der Waals surface area contributed by atoms with Crippen molar-refractivity contribution in [1.29, 1.82) is 0 Å². The molecule has 0 radical (unpaired) electrons. The molecule has 0 amide bonds. The number of allylic oxidation sites excluding steroid dienone is 1. The lowest BCUT2D eigenvalue weighted by Crippen LogP contribution is -2.36. The van der Waals surface area contributed by atoms with Gasteiger partial charge in [-0.3, -0.25) is 0 Å². The van der Waals surface area contributed by atoms with Crippen LogP contribution in [0.1, 0.15) is 23.1 Å². The van der Waals surface area contributed by atoms with Crippen molar-refractivity contribution in [3.63, 3.8) is 0 Å². The van der Waals surface area contributed by atoms with E-state index >= 15 is 0 Å². The second-order valence-corrected chi connectivity index (χ2v) is 6.04. The minimum atomic E-state index is -0.201. The van der Waals surface area contributed by atoms with Gasteiger partial charge < -0.3 is 5.73 Å². The molecule has 120 valence electrons. The summed E-state index contributed by atoms with van der Waals surface area (Å²) in [7, 11) is 0. The van der Waals surface area contributed by atoms with Gasteiger partial charge in [0.05, 0.1) is 0 Å². The van der Waals surface area contributed by atoms with E-state index in [4.69, 9.17) is 5.73 Å². The Labute approximate surface area is 144 Å². The smallest absolute Gasteiger partial charge is 0.0359 e. The predicted octanol–water partition coefficient (Wildman–Crippen LogP) is 5.03. The summed E-state index contributed by atoms with van der Waals surface area (Å²) in [5.41, 5.74) is 9.85. The summed E-state index contributed by atoms with van der Waals surface area (Å²) in [6.45, 7) is 0.570. The van der Waals surface area contributed by atoms with E-state index in [1.54, 1.807) is 0 Å². The fourth-order valence-corrected chi connectivity index (χ4v) is 3.20. The van der Waals surface area contributed by atoms with Crippen LogP contribution in [-0.2, 0) is 5.41 Å². The molecule has 3 rings (SSSR count). The monoisotopic (exact) mass is 313 g/mol. The van der Waals surface area contributed by atoms with Crippen LogP contribution >= 0.6 is 0 Å².